The maximum absolute atomic E-state index is 13.0. The van der Waals surface area contributed by atoms with Gasteiger partial charge in [0.05, 0.1) is 10.6 Å². The highest BCUT2D eigenvalue weighted by atomic mass is 32.2. The second-order valence-corrected chi connectivity index (χ2v) is 10.9. The lowest BCUT2D eigenvalue weighted by molar-refractivity contribution is -0.130. The Bertz CT molecular complexity index is 1280. The van der Waals surface area contributed by atoms with Crippen LogP contribution in [0.1, 0.15) is 24.4 Å². The van der Waals surface area contributed by atoms with E-state index in [4.69, 9.17) is 0 Å². The van der Waals surface area contributed by atoms with E-state index in [0.29, 0.717) is 11.8 Å². The molecule has 1 aliphatic heterocycles. The first-order valence-electron chi connectivity index (χ1n) is 11.8. The van der Waals surface area contributed by atoms with Crippen molar-refractivity contribution in [2.24, 2.45) is 0 Å². The number of rotatable bonds is 7. The molecule has 0 N–H and O–H groups in total. The van der Waals surface area contributed by atoms with Crippen LogP contribution in [0.3, 0.4) is 0 Å². The first-order valence-corrected chi connectivity index (χ1v) is 13.7. The third kappa shape index (κ3) is 4.50. The van der Waals surface area contributed by atoms with Crippen molar-refractivity contribution >= 4 is 39.8 Å². The van der Waals surface area contributed by atoms with Gasteiger partial charge in [-0.25, -0.2) is 0 Å². The zero-order chi connectivity index (χ0) is 22.9. The Hall–Kier alpha value is -2.68. The summed E-state index contributed by atoms with van der Waals surface area (Å²) < 4.78 is 2.24. The quantitative estimate of drug-likeness (QED) is 0.345. The Morgan fingerprint density at radius 2 is 1.79 bits per heavy atom. The molecule has 2 fully saturated rings. The summed E-state index contributed by atoms with van der Waals surface area (Å²) in [6.45, 7) is 4.29. The van der Waals surface area contributed by atoms with Gasteiger partial charge in [-0.05, 0) is 40.6 Å². The van der Waals surface area contributed by atoms with E-state index >= 15 is 0 Å². The van der Waals surface area contributed by atoms with Crippen LogP contribution in [0.4, 0.5) is 0 Å². The lowest BCUT2D eigenvalue weighted by Crippen LogP contribution is -2.48. The molecule has 1 aliphatic carbocycles. The molecule has 1 amide bonds. The van der Waals surface area contributed by atoms with Gasteiger partial charge in [-0.1, -0.05) is 60.3 Å². The predicted octanol–water partition coefficient (Wildman–Crippen LogP) is 4.93. The molecule has 6 nitrogen and oxygen atoms in total. The van der Waals surface area contributed by atoms with E-state index in [0.717, 1.165) is 61.4 Å². The number of carbonyl (C=O) groups excluding carboxylic acids is 1. The lowest BCUT2D eigenvalue weighted by Gasteiger charge is -2.35. The third-order valence-corrected chi connectivity index (χ3v) is 8.44. The molecule has 2 aliphatic rings. The second-order valence-electron chi connectivity index (χ2n) is 8.97. The van der Waals surface area contributed by atoms with Crippen LogP contribution in [-0.4, -0.2) is 62.4 Å². The molecule has 34 heavy (non-hydrogen) atoms. The Kier molecular flexibility index (Phi) is 6.11. The van der Waals surface area contributed by atoms with Crippen molar-refractivity contribution in [3.05, 3.63) is 65.5 Å². The number of amides is 1. The number of hydrogen-bond donors (Lipinski definition) is 0. The highest BCUT2D eigenvalue weighted by molar-refractivity contribution is 7.99. The van der Waals surface area contributed by atoms with Gasteiger partial charge in [0.15, 0.2) is 11.0 Å². The molecule has 3 heterocycles. The minimum absolute atomic E-state index is 0.192. The molecule has 0 radical (unpaired) electrons. The van der Waals surface area contributed by atoms with E-state index in [1.165, 1.54) is 28.1 Å². The smallest absolute Gasteiger partial charge is 0.233 e. The molecule has 2 aromatic heterocycles. The van der Waals surface area contributed by atoms with Crippen LogP contribution in [-0.2, 0) is 11.3 Å². The lowest BCUT2D eigenvalue weighted by atomic mass is 10.0. The molecule has 2 aromatic carbocycles. The number of piperazine rings is 1. The number of carbonyl (C=O) groups is 1. The highest BCUT2D eigenvalue weighted by Gasteiger charge is 2.31. The van der Waals surface area contributed by atoms with Gasteiger partial charge in [0.25, 0.3) is 0 Å². The van der Waals surface area contributed by atoms with E-state index in [-0.39, 0.29) is 5.91 Å². The van der Waals surface area contributed by atoms with Crippen molar-refractivity contribution in [1.82, 2.24) is 24.6 Å². The Labute approximate surface area is 207 Å². The number of fused-ring (bicyclic) bond motifs is 1. The van der Waals surface area contributed by atoms with Gasteiger partial charge in [-0.2, -0.15) is 0 Å². The van der Waals surface area contributed by atoms with Gasteiger partial charge < -0.3 is 4.90 Å². The largest absolute Gasteiger partial charge is 0.339 e. The van der Waals surface area contributed by atoms with E-state index in [1.54, 1.807) is 11.3 Å². The maximum atomic E-state index is 13.0. The number of thiophene rings is 1. The summed E-state index contributed by atoms with van der Waals surface area (Å²) in [6, 6.07) is 19.7. The molecule has 0 spiro atoms. The second kappa shape index (κ2) is 9.52. The fourth-order valence-electron chi connectivity index (χ4n) is 4.66. The average Bonchev–Trinajstić information content (AvgIpc) is 3.38. The van der Waals surface area contributed by atoms with Crippen LogP contribution in [0, 0.1) is 0 Å². The molecule has 0 unspecified atom stereocenters. The monoisotopic (exact) mass is 489 g/mol. The van der Waals surface area contributed by atoms with Crippen molar-refractivity contribution in [1.29, 1.82) is 0 Å². The number of aromatic nitrogens is 3. The Morgan fingerprint density at radius 1 is 0.971 bits per heavy atom. The van der Waals surface area contributed by atoms with Crippen LogP contribution in [0.2, 0.25) is 0 Å². The zero-order valence-electron chi connectivity index (χ0n) is 19.0. The van der Waals surface area contributed by atoms with Crippen molar-refractivity contribution in [3.8, 4) is 10.7 Å². The summed E-state index contributed by atoms with van der Waals surface area (Å²) in [5.41, 5.74) is 1.36. The minimum Gasteiger partial charge on any atom is -0.339 e. The fraction of sp³-hybridized carbons (Fsp3) is 0.346. The van der Waals surface area contributed by atoms with Gasteiger partial charge in [-0.3, -0.25) is 14.3 Å². The van der Waals surface area contributed by atoms with Crippen LogP contribution < -0.4 is 0 Å². The van der Waals surface area contributed by atoms with Crippen LogP contribution >= 0.6 is 23.1 Å². The summed E-state index contributed by atoms with van der Waals surface area (Å²) in [7, 11) is 0. The number of benzene rings is 2. The summed E-state index contributed by atoms with van der Waals surface area (Å²) in [5.74, 6) is 1.55. The van der Waals surface area contributed by atoms with Crippen LogP contribution in [0.25, 0.3) is 21.5 Å². The zero-order valence-corrected chi connectivity index (χ0v) is 20.6. The van der Waals surface area contributed by atoms with Gasteiger partial charge in [0, 0.05) is 38.8 Å². The molecule has 4 aromatic rings. The number of hydrogen-bond acceptors (Lipinski definition) is 6. The minimum atomic E-state index is 0.192. The van der Waals surface area contributed by atoms with E-state index in [1.807, 2.05) is 11.0 Å². The molecule has 1 saturated heterocycles. The fourth-order valence-corrected chi connectivity index (χ4v) is 6.27. The van der Waals surface area contributed by atoms with E-state index < -0.39 is 0 Å². The SMILES string of the molecule is O=C(CSc1nnc(-c2cccs2)n1C1CC1)N1CCN(Cc2cccc3ccccc23)CC1. The van der Waals surface area contributed by atoms with Crippen LogP contribution in [0.15, 0.2) is 65.1 Å². The molecule has 174 valence electrons. The summed E-state index contributed by atoms with van der Waals surface area (Å²) in [5, 5.41) is 14.4. The van der Waals surface area contributed by atoms with E-state index in [2.05, 4.69) is 73.6 Å². The van der Waals surface area contributed by atoms with E-state index in [9.17, 15) is 4.79 Å². The molecule has 0 bridgehead atoms. The summed E-state index contributed by atoms with van der Waals surface area (Å²) >= 11 is 3.21. The van der Waals surface area contributed by atoms with Gasteiger partial charge in [0.1, 0.15) is 0 Å². The van der Waals surface area contributed by atoms with Crippen molar-refractivity contribution in [2.45, 2.75) is 30.6 Å². The highest BCUT2D eigenvalue weighted by Crippen LogP contribution is 2.41. The average molecular weight is 490 g/mol. The molecule has 1 saturated carbocycles. The maximum Gasteiger partial charge on any atom is 0.233 e. The number of thioether (sulfide) groups is 1. The Balaban J connectivity index is 1.05. The topological polar surface area (TPSA) is 54.3 Å². The van der Waals surface area contributed by atoms with Gasteiger partial charge >= 0.3 is 0 Å². The first-order chi connectivity index (χ1) is 16.8. The standard InChI is InChI=1S/C26H27N5OS2/c32-24(18-34-26-28-27-25(23-9-4-16-33-23)31(26)21-10-11-21)30-14-12-29(13-15-30)17-20-7-3-6-19-5-1-2-8-22(19)20/h1-9,16,21H,10-15,17-18H2. The normalized spacial score (nSPS) is 16.9. The molecular weight excluding hydrogens is 462 g/mol. The number of nitrogens with zero attached hydrogens (tertiary/aromatic N) is 5. The van der Waals surface area contributed by atoms with Gasteiger partial charge in [0.2, 0.25) is 5.91 Å². The summed E-state index contributed by atoms with van der Waals surface area (Å²) in [4.78, 5) is 18.6. The summed E-state index contributed by atoms with van der Waals surface area (Å²) in [6.07, 6.45) is 2.33. The van der Waals surface area contributed by atoms with Crippen LogP contribution in [0.5, 0.6) is 0 Å². The van der Waals surface area contributed by atoms with Crippen molar-refractivity contribution in [3.63, 3.8) is 0 Å². The Morgan fingerprint density at radius 3 is 2.59 bits per heavy atom. The molecule has 6 rings (SSSR count). The predicted molar refractivity (Wildman–Crippen MR) is 138 cm³/mol. The molecule has 0 atom stereocenters. The van der Waals surface area contributed by atoms with Crippen molar-refractivity contribution in [2.75, 3.05) is 31.9 Å². The van der Waals surface area contributed by atoms with Crippen molar-refractivity contribution < 1.29 is 4.79 Å². The van der Waals surface area contributed by atoms with Gasteiger partial charge in [-0.15, -0.1) is 21.5 Å². The first kappa shape index (κ1) is 21.8. The molecule has 8 heteroatoms. The molecular formula is C26H27N5OS2. The third-order valence-electron chi connectivity index (χ3n) is 6.64.